The lowest BCUT2D eigenvalue weighted by molar-refractivity contribution is -0.121. The summed E-state index contributed by atoms with van der Waals surface area (Å²) in [6.07, 6.45) is 4.29. The molecule has 1 atom stereocenters. The molecule has 0 bridgehead atoms. The molecule has 0 heterocycles. The molecule has 3 amide bonds. The number of urea groups is 1. The Morgan fingerprint density at radius 2 is 1.95 bits per heavy atom. The highest BCUT2D eigenvalue weighted by atomic mass is 16.3. The van der Waals surface area contributed by atoms with Gasteiger partial charge in [-0.05, 0) is 39.0 Å². The van der Waals surface area contributed by atoms with Crippen molar-refractivity contribution in [1.82, 2.24) is 16.0 Å². The van der Waals surface area contributed by atoms with E-state index in [0.717, 1.165) is 12.8 Å². The molecule has 0 aromatic carbocycles. The van der Waals surface area contributed by atoms with Crippen molar-refractivity contribution in [3.63, 3.8) is 0 Å². The second-order valence-electron chi connectivity index (χ2n) is 5.68. The SMILES string of the molecule is CC(C)NC(=O)CCNC(=O)NC(CCO)C1CCC1. The van der Waals surface area contributed by atoms with Gasteiger partial charge in [0.1, 0.15) is 0 Å². The smallest absolute Gasteiger partial charge is 0.315 e. The molecule has 1 rings (SSSR count). The van der Waals surface area contributed by atoms with E-state index in [1.165, 1.54) is 6.42 Å². The minimum atomic E-state index is -0.257. The number of nitrogens with one attached hydrogen (secondary N) is 3. The van der Waals surface area contributed by atoms with Crippen LogP contribution in [0.2, 0.25) is 0 Å². The highest BCUT2D eigenvalue weighted by molar-refractivity contribution is 5.78. The van der Waals surface area contributed by atoms with Crippen LogP contribution in [0.4, 0.5) is 4.79 Å². The first-order valence-corrected chi connectivity index (χ1v) is 7.47. The third-order valence-electron chi connectivity index (χ3n) is 3.56. The van der Waals surface area contributed by atoms with Crippen molar-refractivity contribution in [3.05, 3.63) is 0 Å². The number of aliphatic hydroxyl groups is 1. The van der Waals surface area contributed by atoms with Crippen molar-refractivity contribution in [2.24, 2.45) is 5.92 Å². The minimum absolute atomic E-state index is 0.0400. The molecule has 0 aromatic rings. The summed E-state index contributed by atoms with van der Waals surface area (Å²) < 4.78 is 0. The average Bonchev–Trinajstić information content (AvgIpc) is 2.25. The molecular formula is C14H27N3O3. The minimum Gasteiger partial charge on any atom is -0.396 e. The van der Waals surface area contributed by atoms with Gasteiger partial charge in [-0.1, -0.05) is 6.42 Å². The zero-order chi connectivity index (χ0) is 15.0. The fourth-order valence-electron chi connectivity index (χ4n) is 2.31. The van der Waals surface area contributed by atoms with E-state index in [9.17, 15) is 9.59 Å². The topological polar surface area (TPSA) is 90.5 Å². The van der Waals surface area contributed by atoms with Gasteiger partial charge in [0.2, 0.25) is 5.91 Å². The highest BCUT2D eigenvalue weighted by Crippen LogP contribution is 2.30. The van der Waals surface area contributed by atoms with Crippen molar-refractivity contribution >= 4 is 11.9 Å². The van der Waals surface area contributed by atoms with Crippen molar-refractivity contribution in [3.8, 4) is 0 Å². The Labute approximate surface area is 120 Å². The first-order chi connectivity index (χ1) is 9.52. The highest BCUT2D eigenvalue weighted by Gasteiger charge is 2.27. The molecule has 0 radical (unpaired) electrons. The van der Waals surface area contributed by atoms with Crippen LogP contribution in [-0.2, 0) is 4.79 Å². The lowest BCUT2D eigenvalue weighted by atomic mass is 9.78. The number of hydrogen-bond donors (Lipinski definition) is 4. The van der Waals surface area contributed by atoms with E-state index < -0.39 is 0 Å². The van der Waals surface area contributed by atoms with Crippen molar-refractivity contribution in [2.45, 2.75) is 58.0 Å². The van der Waals surface area contributed by atoms with Gasteiger partial charge < -0.3 is 21.1 Å². The van der Waals surface area contributed by atoms with Gasteiger partial charge in [-0.2, -0.15) is 0 Å². The fourth-order valence-corrected chi connectivity index (χ4v) is 2.31. The van der Waals surface area contributed by atoms with Crippen LogP contribution in [0, 0.1) is 5.92 Å². The third-order valence-corrected chi connectivity index (χ3v) is 3.56. The molecule has 0 aromatic heterocycles. The van der Waals surface area contributed by atoms with E-state index in [2.05, 4.69) is 16.0 Å². The number of aliphatic hydroxyl groups excluding tert-OH is 1. The van der Waals surface area contributed by atoms with Crippen LogP contribution in [-0.4, -0.2) is 42.3 Å². The number of amides is 3. The normalized spacial score (nSPS) is 16.4. The van der Waals surface area contributed by atoms with Crippen molar-refractivity contribution in [2.75, 3.05) is 13.2 Å². The monoisotopic (exact) mass is 285 g/mol. The van der Waals surface area contributed by atoms with Crippen LogP contribution in [0.15, 0.2) is 0 Å². The molecule has 4 N–H and O–H groups in total. The zero-order valence-electron chi connectivity index (χ0n) is 12.4. The van der Waals surface area contributed by atoms with Crippen molar-refractivity contribution < 1.29 is 14.7 Å². The molecular weight excluding hydrogens is 258 g/mol. The van der Waals surface area contributed by atoms with Crippen molar-refractivity contribution in [1.29, 1.82) is 0 Å². The van der Waals surface area contributed by atoms with E-state index in [0.29, 0.717) is 18.9 Å². The van der Waals surface area contributed by atoms with E-state index in [1.54, 1.807) is 0 Å². The Bertz CT molecular complexity index is 317. The zero-order valence-corrected chi connectivity index (χ0v) is 12.4. The second kappa shape index (κ2) is 8.79. The van der Waals surface area contributed by atoms with Crippen LogP contribution >= 0.6 is 0 Å². The maximum absolute atomic E-state index is 11.7. The Morgan fingerprint density at radius 3 is 2.45 bits per heavy atom. The lowest BCUT2D eigenvalue weighted by Gasteiger charge is -2.34. The van der Waals surface area contributed by atoms with Gasteiger partial charge in [-0.15, -0.1) is 0 Å². The molecule has 20 heavy (non-hydrogen) atoms. The standard InChI is InChI=1S/C14H27N3O3/c1-10(2)16-13(19)6-8-15-14(20)17-12(7-9-18)11-4-3-5-11/h10-12,18H,3-9H2,1-2H3,(H,16,19)(H2,15,17,20). The van der Waals surface area contributed by atoms with Crippen LogP contribution in [0.25, 0.3) is 0 Å². The van der Waals surface area contributed by atoms with Gasteiger partial charge >= 0.3 is 6.03 Å². The summed E-state index contributed by atoms with van der Waals surface area (Å²) in [5.41, 5.74) is 0. The summed E-state index contributed by atoms with van der Waals surface area (Å²) >= 11 is 0. The fraction of sp³-hybridized carbons (Fsp3) is 0.857. The maximum Gasteiger partial charge on any atom is 0.315 e. The number of rotatable bonds is 8. The molecule has 0 saturated heterocycles. The molecule has 1 aliphatic rings. The van der Waals surface area contributed by atoms with Gasteiger partial charge in [0, 0.05) is 31.7 Å². The number of hydrogen-bond acceptors (Lipinski definition) is 3. The summed E-state index contributed by atoms with van der Waals surface area (Å²) in [6.45, 7) is 4.20. The summed E-state index contributed by atoms with van der Waals surface area (Å²) in [7, 11) is 0. The van der Waals surface area contributed by atoms with E-state index in [-0.39, 0.29) is 37.0 Å². The average molecular weight is 285 g/mol. The van der Waals surface area contributed by atoms with Crippen LogP contribution in [0.5, 0.6) is 0 Å². The predicted octanol–water partition coefficient (Wildman–Crippen LogP) is 0.751. The molecule has 1 aliphatic carbocycles. The van der Waals surface area contributed by atoms with Crippen LogP contribution < -0.4 is 16.0 Å². The third kappa shape index (κ3) is 6.23. The first kappa shape index (κ1) is 16.8. The molecule has 1 saturated carbocycles. The molecule has 1 fully saturated rings. The van der Waals surface area contributed by atoms with E-state index in [1.807, 2.05) is 13.8 Å². The summed E-state index contributed by atoms with van der Waals surface area (Å²) in [6, 6.07) is -0.102. The Hall–Kier alpha value is -1.30. The lowest BCUT2D eigenvalue weighted by Crippen LogP contribution is -2.48. The largest absolute Gasteiger partial charge is 0.396 e. The molecule has 116 valence electrons. The predicted molar refractivity (Wildman–Crippen MR) is 77.3 cm³/mol. The molecule has 1 unspecified atom stereocenters. The van der Waals surface area contributed by atoms with Crippen LogP contribution in [0.3, 0.4) is 0 Å². The number of carbonyl (C=O) groups excluding carboxylic acids is 2. The second-order valence-corrected chi connectivity index (χ2v) is 5.68. The molecule has 6 heteroatoms. The summed E-state index contributed by atoms with van der Waals surface area (Å²) in [4.78, 5) is 23.1. The summed E-state index contributed by atoms with van der Waals surface area (Å²) in [5.74, 6) is 0.420. The van der Waals surface area contributed by atoms with Gasteiger partial charge in [-0.25, -0.2) is 4.79 Å². The maximum atomic E-state index is 11.7. The number of carbonyl (C=O) groups is 2. The van der Waals surface area contributed by atoms with Gasteiger partial charge in [0.25, 0.3) is 0 Å². The van der Waals surface area contributed by atoms with Gasteiger partial charge in [0.05, 0.1) is 0 Å². The first-order valence-electron chi connectivity index (χ1n) is 7.47. The Balaban J connectivity index is 2.19. The van der Waals surface area contributed by atoms with Gasteiger partial charge in [0.15, 0.2) is 0 Å². The Kier molecular flexibility index (Phi) is 7.36. The molecule has 0 aliphatic heterocycles. The summed E-state index contributed by atoms with van der Waals surface area (Å²) in [5, 5.41) is 17.4. The molecule has 6 nitrogen and oxygen atoms in total. The molecule has 0 spiro atoms. The van der Waals surface area contributed by atoms with Gasteiger partial charge in [-0.3, -0.25) is 4.79 Å². The Morgan fingerprint density at radius 1 is 1.25 bits per heavy atom. The van der Waals surface area contributed by atoms with Crippen LogP contribution in [0.1, 0.15) is 46.0 Å². The van der Waals surface area contributed by atoms with E-state index >= 15 is 0 Å². The van der Waals surface area contributed by atoms with E-state index in [4.69, 9.17) is 5.11 Å². The quantitative estimate of drug-likeness (QED) is 0.530.